The molecular weight excluding hydrogens is 393 g/mol. The van der Waals surface area contributed by atoms with E-state index in [4.69, 9.17) is 7.49 Å². The van der Waals surface area contributed by atoms with Crippen LogP contribution in [0, 0.1) is 0 Å². The zero-order valence-corrected chi connectivity index (χ0v) is 16.0. The van der Waals surface area contributed by atoms with Crippen LogP contribution in [0.5, 0.6) is 0 Å². The molecule has 2 aromatic carbocycles. The molecule has 28 heavy (non-hydrogen) atoms. The van der Waals surface area contributed by atoms with E-state index >= 15 is 0 Å². The van der Waals surface area contributed by atoms with Gasteiger partial charge in [-0.15, -0.1) is 0 Å². The summed E-state index contributed by atoms with van der Waals surface area (Å²) in [6.07, 6.45) is -9.67. The molecule has 0 aliphatic heterocycles. The summed E-state index contributed by atoms with van der Waals surface area (Å²) in [4.78, 5) is 0. The summed E-state index contributed by atoms with van der Waals surface area (Å²) >= 11 is 0. The molecule has 0 saturated heterocycles. The van der Waals surface area contributed by atoms with Gasteiger partial charge in [0.15, 0.2) is 0 Å². The monoisotopic (exact) mass is 407 g/mol. The second-order valence-corrected chi connectivity index (χ2v) is 9.14. The van der Waals surface area contributed by atoms with E-state index in [1.165, 1.54) is 29.9 Å². The summed E-state index contributed by atoms with van der Waals surface area (Å²) in [5.74, 6) is 0. The van der Waals surface area contributed by atoms with Crippen molar-refractivity contribution >= 4 is 32.6 Å². The van der Waals surface area contributed by atoms with Crippen molar-refractivity contribution in [3.05, 3.63) is 64.7 Å². The second-order valence-electron chi connectivity index (χ2n) is 6.70. The Balaban J connectivity index is 2.51. The third-order valence-corrected chi connectivity index (χ3v) is 5.26. The Morgan fingerprint density at radius 1 is 0.821 bits per heavy atom. The standard InChI is InChI=1S/C20H14BF6Si/c1-28(2)10-13-17(20(25,26)27)16-12(18(13)21)8-9-14(19(22,23)24)15(16)11-6-4-3-5-7-11/h3-10H,1-2H3. The molecule has 0 fully saturated rings. The van der Waals surface area contributed by atoms with Crippen molar-refractivity contribution in [1.82, 2.24) is 0 Å². The van der Waals surface area contributed by atoms with Crippen LogP contribution in [0.1, 0.15) is 16.7 Å². The Morgan fingerprint density at radius 3 is 1.93 bits per heavy atom. The molecule has 1 aliphatic carbocycles. The fourth-order valence-corrected chi connectivity index (χ4v) is 4.25. The molecule has 0 amide bonds. The molecule has 0 bridgehead atoms. The Morgan fingerprint density at radius 2 is 1.43 bits per heavy atom. The predicted octanol–water partition coefficient (Wildman–Crippen LogP) is 5.53. The van der Waals surface area contributed by atoms with Gasteiger partial charge < -0.3 is 0 Å². The molecule has 0 spiro atoms. The van der Waals surface area contributed by atoms with Gasteiger partial charge in [0.25, 0.3) is 0 Å². The first-order valence-corrected chi connectivity index (χ1v) is 10.9. The number of fused-ring (bicyclic) bond motifs is 1. The molecule has 0 nitrogen and oxygen atoms in total. The molecule has 143 valence electrons. The fourth-order valence-electron chi connectivity index (χ4n) is 3.38. The summed E-state index contributed by atoms with van der Waals surface area (Å²) in [6.45, 7) is 3.56. The van der Waals surface area contributed by atoms with Gasteiger partial charge in [-0.25, -0.2) is 0 Å². The third-order valence-electron chi connectivity index (χ3n) is 4.39. The van der Waals surface area contributed by atoms with Crippen molar-refractivity contribution in [2.75, 3.05) is 0 Å². The van der Waals surface area contributed by atoms with Gasteiger partial charge in [-0.1, -0.05) is 0 Å². The molecule has 2 aromatic rings. The Bertz CT molecular complexity index is 1010. The Labute approximate surface area is 160 Å². The summed E-state index contributed by atoms with van der Waals surface area (Å²) in [5, 5.41) is 0. The Kier molecular flexibility index (Phi) is 5.12. The molecule has 0 saturated carbocycles. The summed E-state index contributed by atoms with van der Waals surface area (Å²) in [6, 6.07) is 9.12. The van der Waals surface area contributed by atoms with Gasteiger partial charge in [0, 0.05) is 0 Å². The quantitative estimate of drug-likeness (QED) is 0.454. The first-order valence-electron chi connectivity index (χ1n) is 8.32. The maximum absolute atomic E-state index is 14.0. The van der Waals surface area contributed by atoms with E-state index in [1.807, 2.05) is 0 Å². The van der Waals surface area contributed by atoms with E-state index in [0.717, 1.165) is 12.1 Å². The topological polar surface area (TPSA) is 0 Å². The van der Waals surface area contributed by atoms with Crippen LogP contribution in [0.4, 0.5) is 26.3 Å². The van der Waals surface area contributed by atoms with Crippen molar-refractivity contribution in [2.45, 2.75) is 25.4 Å². The van der Waals surface area contributed by atoms with Crippen LogP contribution in [0.15, 0.2) is 48.0 Å². The minimum atomic E-state index is -4.85. The Hall–Kier alpha value is -2.22. The van der Waals surface area contributed by atoms with Crippen molar-refractivity contribution in [3.63, 3.8) is 0 Å². The van der Waals surface area contributed by atoms with Gasteiger partial charge in [-0.05, 0) is 0 Å². The summed E-state index contributed by atoms with van der Waals surface area (Å²) < 4.78 is 83.1. The maximum atomic E-state index is 14.0. The summed E-state index contributed by atoms with van der Waals surface area (Å²) in [7, 11) is 4.71. The number of halogens is 6. The fraction of sp³-hybridized carbons (Fsp3) is 0.200. The predicted molar refractivity (Wildman–Crippen MR) is 103 cm³/mol. The van der Waals surface area contributed by atoms with Gasteiger partial charge in [-0.2, -0.15) is 0 Å². The molecule has 0 atom stereocenters. The van der Waals surface area contributed by atoms with Gasteiger partial charge in [-0.3, -0.25) is 0 Å². The average Bonchev–Trinajstić information content (AvgIpc) is 2.86. The van der Waals surface area contributed by atoms with Gasteiger partial charge >= 0.3 is 160 Å². The number of allylic oxidation sites excluding steroid dienone is 2. The molecule has 0 unspecified atom stereocenters. The summed E-state index contributed by atoms with van der Waals surface area (Å²) in [5.41, 5.74) is -2.11. The zero-order chi connectivity index (χ0) is 20.9. The number of hydrogen-bond donors (Lipinski definition) is 0. The molecule has 8 heteroatoms. The van der Waals surface area contributed by atoms with Crippen LogP contribution in [-0.4, -0.2) is 33.2 Å². The number of benzene rings is 2. The van der Waals surface area contributed by atoms with E-state index < -0.39 is 43.0 Å². The van der Waals surface area contributed by atoms with Crippen LogP contribution in [0.25, 0.3) is 16.7 Å². The van der Waals surface area contributed by atoms with Crippen LogP contribution >= 0.6 is 0 Å². The van der Waals surface area contributed by atoms with Crippen LogP contribution in [0.2, 0.25) is 13.1 Å². The van der Waals surface area contributed by atoms with Crippen LogP contribution < -0.4 is 0 Å². The van der Waals surface area contributed by atoms with Crippen molar-refractivity contribution in [1.29, 1.82) is 0 Å². The SMILES string of the molecule is [B]=C1C(C=[Si](C)C)=C(C(F)(F)F)c2c1ccc(C(F)(F)F)c2-c1ccccc1. The van der Waals surface area contributed by atoms with Crippen LogP contribution in [-0.2, 0) is 6.18 Å². The molecule has 0 heterocycles. The van der Waals surface area contributed by atoms with Crippen molar-refractivity contribution in [3.8, 4) is 11.1 Å². The van der Waals surface area contributed by atoms with E-state index in [-0.39, 0.29) is 22.2 Å². The molecular formula is C20H14BF6Si. The van der Waals surface area contributed by atoms with Crippen molar-refractivity contribution in [2.24, 2.45) is 0 Å². The zero-order valence-electron chi connectivity index (χ0n) is 15.0. The molecule has 3 rings (SSSR count). The molecule has 1 radical (unpaired) electrons. The van der Waals surface area contributed by atoms with Gasteiger partial charge in [0.2, 0.25) is 0 Å². The normalized spacial score (nSPS) is 14.3. The van der Waals surface area contributed by atoms with Crippen LogP contribution in [0.3, 0.4) is 0 Å². The van der Waals surface area contributed by atoms with E-state index in [1.54, 1.807) is 19.2 Å². The molecule has 0 N–H and O–H groups in total. The van der Waals surface area contributed by atoms with E-state index in [2.05, 4.69) is 0 Å². The van der Waals surface area contributed by atoms with E-state index in [0.29, 0.717) is 0 Å². The first-order chi connectivity index (χ1) is 12.9. The first kappa shape index (κ1) is 20.5. The van der Waals surface area contributed by atoms with Gasteiger partial charge in [0.1, 0.15) is 0 Å². The second kappa shape index (κ2) is 6.99. The van der Waals surface area contributed by atoms with E-state index in [9.17, 15) is 26.3 Å². The number of hydrogen-bond acceptors (Lipinski definition) is 0. The van der Waals surface area contributed by atoms with Crippen molar-refractivity contribution < 1.29 is 26.3 Å². The molecule has 1 aliphatic rings. The number of rotatable bonds is 2. The molecule has 0 aromatic heterocycles. The van der Waals surface area contributed by atoms with Gasteiger partial charge in [0.05, 0.1) is 0 Å². The number of alkyl halides is 6. The average molecular weight is 407 g/mol. The third kappa shape index (κ3) is 3.57. The minimum absolute atomic E-state index is 0.0197.